The Hall–Kier alpha value is -1.28. The Kier molecular flexibility index (Phi) is 1.64. The Bertz CT molecular complexity index is 363. The molecule has 4 unspecified atom stereocenters. The largest absolute Gasteiger partial charge is 0.402 e. The first kappa shape index (κ1) is 8.06. The molecule has 14 heavy (non-hydrogen) atoms. The van der Waals surface area contributed by atoms with Crippen molar-refractivity contribution in [3.8, 4) is 0 Å². The second kappa shape index (κ2) is 2.85. The van der Waals surface area contributed by atoms with Crippen LogP contribution in [-0.4, -0.2) is 12.1 Å². The van der Waals surface area contributed by atoms with Crippen molar-refractivity contribution in [2.75, 3.05) is 0 Å². The molecule has 2 nitrogen and oxygen atoms in total. The first-order valence-corrected chi connectivity index (χ1v) is 5.11. The summed E-state index contributed by atoms with van der Waals surface area (Å²) in [5.74, 6) is 0.984. The van der Waals surface area contributed by atoms with Crippen LogP contribution in [0.25, 0.3) is 0 Å². The molecule has 0 aromatic heterocycles. The molecular formula is C12H14N2. The van der Waals surface area contributed by atoms with Crippen LogP contribution in [0.4, 0.5) is 0 Å². The molecule has 3 aliphatic rings. The highest BCUT2D eigenvalue weighted by molar-refractivity contribution is 5.33. The van der Waals surface area contributed by atoms with E-state index in [2.05, 4.69) is 35.7 Å². The first-order chi connectivity index (χ1) is 6.86. The minimum atomic E-state index is 0.419. The van der Waals surface area contributed by atoms with E-state index in [9.17, 15) is 0 Å². The maximum absolute atomic E-state index is 6.04. The smallest absolute Gasteiger partial charge is 0.0348 e. The van der Waals surface area contributed by atoms with E-state index in [1.165, 1.54) is 0 Å². The van der Waals surface area contributed by atoms with Crippen LogP contribution in [0.2, 0.25) is 0 Å². The molecule has 0 bridgehead atoms. The van der Waals surface area contributed by atoms with Gasteiger partial charge in [0.15, 0.2) is 0 Å². The normalized spacial score (nSPS) is 43.3. The lowest BCUT2D eigenvalue weighted by molar-refractivity contribution is 0.495. The van der Waals surface area contributed by atoms with E-state index in [1.807, 2.05) is 12.2 Å². The van der Waals surface area contributed by atoms with Crippen molar-refractivity contribution in [3.63, 3.8) is 0 Å². The Balaban J connectivity index is 1.98. The highest BCUT2D eigenvalue weighted by Gasteiger charge is 2.41. The van der Waals surface area contributed by atoms with E-state index < -0.39 is 0 Å². The zero-order valence-corrected chi connectivity index (χ0v) is 7.93. The van der Waals surface area contributed by atoms with Gasteiger partial charge in [0.2, 0.25) is 0 Å². The zero-order chi connectivity index (χ0) is 9.54. The molecular weight excluding hydrogens is 172 g/mol. The Morgan fingerprint density at radius 3 is 2.71 bits per heavy atom. The zero-order valence-electron chi connectivity index (χ0n) is 7.93. The van der Waals surface area contributed by atoms with Crippen molar-refractivity contribution in [3.05, 3.63) is 48.2 Å². The molecule has 0 spiro atoms. The van der Waals surface area contributed by atoms with Gasteiger partial charge in [0.05, 0.1) is 0 Å². The number of hydrogen-bond donors (Lipinski definition) is 2. The molecule has 4 atom stereocenters. The van der Waals surface area contributed by atoms with Crippen LogP contribution in [-0.2, 0) is 0 Å². The summed E-state index contributed by atoms with van der Waals surface area (Å²) in [6, 6.07) is 0.882. The number of hydrogen-bond acceptors (Lipinski definition) is 2. The minimum Gasteiger partial charge on any atom is -0.402 e. The topological polar surface area (TPSA) is 38.0 Å². The maximum atomic E-state index is 6.04. The van der Waals surface area contributed by atoms with Crippen molar-refractivity contribution in [1.82, 2.24) is 5.32 Å². The van der Waals surface area contributed by atoms with Gasteiger partial charge in [0, 0.05) is 29.6 Å². The molecule has 72 valence electrons. The molecule has 1 saturated heterocycles. The van der Waals surface area contributed by atoms with Gasteiger partial charge in [-0.15, -0.1) is 0 Å². The average Bonchev–Trinajstić information content (AvgIpc) is 2.57. The highest BCUT2D eigenvalue weighted by atomic mass is 15.0. The van der Waals surface area contributed by atoms with Gasteiger partial charge in [-0.2, -0.15) is 0 Å². The van der Waals surface area contributed by atoms with Gasteiger partial charge in [-0.1, -0.05) is 36.5 Å². The summed E-state index contributed by atoms with van der Waals surface area (Å²) in [6.07, 6.45) is 15.0. The number of allylic oxidation sites excluding steroid dienone is 4. The third-order valence-electron chi connectivity index (χ3n) is 3.36. The van der Waals surface area contributed by atoms with E-state index in [0.717, 1.165) is 5.70 Å². The standard InChI is InChI=1S/C12H14N2/c13-9-5-3-7-11-12(9)8-4-1-2-6-10(8)14-11/h1-8,10-12,14H,13H2. The number of fused-ring (bicyclic) bond motifs is 3. The number of nitrogens with one attached hydrogen (secondary N) is 1. The van der Waals surface area contributed by atoms with E-state index in [0.29, 0.717) is 23.9 Å². The van der Waals surface area contributed by atoms with Gasteiger partial charge in [-0.05, 0) is 6.08 Å². The fourth-order valence-corrected chi connectivity index (χ4v) is 2.70. The van der Waals surface area contributed by atoms with Crippen LogP contribution in [0.3, 0.4) is 0 Å². The SMILES string of the molecule is NC1=CC=CC2NC3C=CC=CC3C12. The van der Waals surface area contributed by atoms with Gasteiger partial charge >= 0.3 is 0 Å². The Morgan fingerprint density at radius 1 is 1.00 bits per heavy atom. The van der Waals surface area contributed by atoms with Crippen molar-refractivity contribution >= 4 is 0 Å². The van der Waals surface area contributed by atoms with Gasteiger partial charge in [-0.25, -0.2) is 0 Å². The lowest BCUT2D eigenvalue weighted by atomic mass is 9.81. The summed E-state index contributed by atoms with van der Waals surface area (Å²) in [5, 5.41) is 3.58. The average molecular weight is 186 g/mol. The summed E-state index contributed by atoms with van der Waals surface area (Å²) in [4.78, 5) is 0. The summed E-state index contributed by atoms with van der Waals surface area (Å²) in [5.41, 5.74) is 7.05. The fraction of sp³-hybridized carbons (Fsp3) is 0.333. The summed E-state index contributed by atoms with van der Waals surface area (Å²) < 4.78 is 0. The summed E-state index contributed by atoms with van der Waals surface area (Å²) >= 11 is 0. The van der Waals surface area contributed by atoms with E-state index in [-0.39, 0.29) is 0 Å². The van der Waals surface area contributed by atoms with Crippen molar-refractivity contribution in [1.29, 1.82) is 0 Å². The summed E-state index contributed by atoms with van der Waals surface area (Å²) in [7, 11) is 0. The lowest BCUT2D eigenvalue weighted by Gasteiger charge is -2.24. The van der Waals surface area contributed by atoms with Gasteiger partial charge in [0.1, 0.15) is 0 Å². The van der Waals surface area contributed by atoms with Crippen LogP contribution < -0.4 is 11.1 Å². The van der Waals surface area contributed by atoms with E-state index >= 15 is 0 Å². The molecule has 2 heteroatoms. The van der Waals surface area contributed by atoms with Crippen LogP contribution in [0.1, 0.15) is 0 Å². The van der Waals surface area contributed by atoms with Gasteiger partial charge < -0.3 is 11.1 Å². The van der Waals surface area contributed by atoms with Crippen molar-refractivity contribution < 1.29 is 0 Å². The van der Waals surface area contributed by atoms with Crippen molar-refractivity contribution in [2.45, 2.75) is 12.1 Å². The van der Waals surface area contributed by atoms with Gasteiger partial charge in [0.25, 0.3) is 0 Å². The molecule has 2 aliphatic carbocycles. The van der Waals surface area contributed by atoms with Crippen LogP contribution in [0.5, 0.6) is 0 Å². The molecule has 3 N–H and O–H groups in total. The first-order valence-electron chi connectivity index (χ1n) is 5.11. The van der Waals surface area contributed by atoms with Crippen LogP contribution in [0, 0.1) is 11.8 Å². The Morgan fingerprint density at radius 2 is 1.79 bits per heavy atom. The molecule has 0 aromatic rings. The maximum Gasteiger partial charge on any atom is 0.0348 e. The molecule has 1 heterocycles. The second-order valence-corrected chi connectivity index (χ2v) is 4.14. The fourth-order valence-electron chi connectivity index (χ4n) is 2.70. The molecule has 0 saturated carbocycles. The minimum absolute atomic E-state index is 0.419. The predicted molar refractivity (Wildman–Crippen MR) is 57.4 cm³/mol. The quantitative estimate of drug-likeness (QED) is 0.594. The third kappa shape index (κ3) is 1.01. The third-order valence-corrected chi connectivity index (χ3v) is 3.36. The molecule has 3 rings (SSSR count). The Labute approximate surface area is 83.9 Å². The lowest BCUT2D eigenvalue weighted by Crippen LogP contribution is -2.31. The van der Waals surface area contributed by atoms with Crippen LogP contribution in [0.15, 0.2) is 48.2 Å². The van der Waals surface area contributed by atoms with Crippen LogP contribution >= 0.6 is 0 Å². The molecule has 0 radical (unpaired) electrons. The molecule has 0 amide bonds. The van der Waals surface area contributed by atoms with E-state index in [1.54, 1.807) is 0 Å². The number of rotatable bonds is 0. The van der Waals surface area contributed by atoms with Gasteiger partial charge in [-0.3, -0.25) is 0 Å². The monoisotopic (exact) mass is 186 g/mol. The predicted octanol–water partition coefficient (Wildman–Crippen LogP) is 1.10. The second-order valence-electron chi connectivity index (χ2n) is 4.14. The molecule has 1 aliphatic heterocycles. The number of nitrogens with two attached hydrogens (primary N) is 1. The molecule has 1 fully saturated rings. The van der Waals surface area contributed by atoms with Crippen molar-refractivity contribution in [2.24, 2.45) is 17.6 Å². The highest BCUT2D eigenvalue weighted by Crippen LogP contribution is 2.36. The summed E-state index contributed by atoms with van der Waals surface area (Å²) in [6.45, 7) is 0. The van der Waals surface area contributed by atoms with E-state index in [4.69, 9.17) is 5.73 Å². The molecule has 0 aromatic carbocycles.